The fourth-order valence-electron chi connectivity index (χ4n) is 1.38. The number of nitrogens with zero attached hydrogens (tertiary/aromatic N) is 3. The summed E-state index contributed by atoms with van der Waals surface area (Å²) in [5.74, 6) is 0.934. The second kappa shape index (κ2) is 7.45. The molecule has 0 spiro atoms. The van der Waals surface area contributed by atoms with Crippen LogP contribution in [0.25, 0.3) is 0 Å². The summed E-state index contributed by atoms with van der Waals surface area (Å²) < 4.78 is 13.4. The summed E-state index contributed by atoms with van der Waals surface area (Å²) in [6.45, 7) is 7.23. The van der Waals surface area contributed by atoms with Gasteiger partial charge in [0.05, 0.1) is 6.20 Å². The standard InChI is InChI=1S/C11H19FN4S/c1-4-16(5-2)6-7-17-10-9(12)8-14-11(13-3)15-10/h8H,4-7H2,1-3H3,(H,13,14,15). The van der Waals surface area contributed by atoms with Crippen molar-refractivity contribution in [3.05, 3.63) is 12.0 Å². The highest BCUT2D eigenvalue weighted by molar-refractivity contribution is 7.99. The summed E-state index contributed by atoms with van der Waals surface area (Å²) in [6.07, 6.45) is 1.21. The minimum Gasteiger partial charge on any atom is -0.357 e. The van der Waals surface area contributed by atoms with Gasteiger partial charge in [0, 0.05) is 19.3 Å². The molecule has 4 nitrogen and oxygen atoms in total. The van der Waals surface area contributed by atoms with Crippen molar-refractivity contribution in [1.29, 1.82) is 0 Å². The van der Waals surface area contributed by atoms with Gasteiger partial charge in [0.1, 0.15) is 5.03 Å². The fourth-order valence-corrected chi connectivity index (χ4v) is 2.27. The number of anilines is 1. The van der Waals surface area contributed by atoms with Crippen molar-refractivity contribution in [1.82, 2.24) is 14.9 Å². The molecule has 0 bridgehead atoms. The normalized spacial score (nSPS) is 10.9. The van der Waals surface area contributed by atoms with Crippen molar-refractivity contribution < 1.29 is 4.39 Å². The smallest absolute Gasteiger partial charge is 0.223 e. The molecule has 0 atom stereocenters. The molecule has 1 aromatic heterocycles. The third-order valence-electron chi connectivity index (χ3n) is 2.48. The van der Waals surface area contributed by atoms with E-state index in [1.165, 1.54) is 18.0 Å². The number of halogens is 1. The third-order valence-corrected chi connectivity index (χ3v) is 3.42. The van der Waals surface area contributed by atoms with E-state index in [0.29, 0.717) is 11.0 Å². The minimum absolute atomic E-state index is 0.353. The second-order valence-electron chi connectivity index (χ2n) is 3.47. The van der Waals surface area contributed by atoms with Gasteiger partial charge in [-0.15, -0.1) is 11.8 Å². The zero-order valence-electron chi connectivity index (χ0n) is 10.5. The van der Waals surface area contributed by atoms with Gasteiger partial charge < -0.3 is 10.2 Å². The number of hydrogen-bond acceptors (Lipinski definition) is 5. The highest BCUT2D eigenvalue weighted by Crippen LogP contribution is 2.19. The van der Waals surface area contributed by atoms with E-state index in [0.717, 1.165) is 25.4 Å². The SMILES string of the molecule is CCN(CC)CCSc1nc(NC)ncc1F. The lowest BCUT2D eigenvalue weighted by Gasteiger charge is -2.17. The molecule has 0 aliphatic carbocycles. The van der Waals surface area contributed by atoms with Crippen LogP contribution >= 0.6 is 11.8 Å². The molecule has 0 aliphatic rings. The molecule has 0 unspecified atom stereocenters. The molecular formula is C11H19FN4S. The first-order valence-corrected chi connectivity index (χ1v) is 6.75. The quantitative estimate of drug-likeness (QED) is 0.599. The van der Waals surface area contributed by atoms with Crippen molar-refractivity contribution in [3.8, 4) is 0 Å². The largest absolute Gasteiger partial charge is 0.357 e. The maximum atomic E-state index is 13.4. The van der Waals surface area contributed by atoms with Crippen molar-refractivity contribution in [2.75, 3.05) is 37.8 Å². The topological polar surface area (TPSA) is 41.1 Å². The Hall–Kier alpha value is -0.880. The summed E-state index contributed by atoms with van der Waals surface area (Å²) in [6, 6.07) is 0. The van der Waals surface area contributed by atoms with Crippen LogP contribution in [0.4, 0.5) is 10.3 Å². The van der Waals surface area contributed by atoms with Gasteiger partial charge in [-0.05, 0) is 13.1 Å². The Kier molecular flexibility index (Phi) is 6.21. The lowest BCUT2D eigenvalue weighted by atomic mass is 10.5. The van der Waals surface area contributed by atoms with E-state index in [2.05, 4.69) is 34.0 Å². The zero-order chi connectivity index (χ0) is 12.7. The molecule has 1 aromatic rings. The van der Waals surface area contributed by atoms with Crippen LogP contribution in [0, 0.1) is 5.82 Å². The zero-order valence-corrected chi connectivity index (χ0v) is 11.4. The molecule has 0 aromatic carbocycles. The highest BCUT2D eigenvalue weighted by Gasteiger charge is 2.07. The van der Waals surface area contributed by atoms with E-state index >= 15 is 0 Å². The maximum Gasteiger partial charge on any atom is 0.223 e. The summed E-state index contributed by atoms with van der Waals surface area (Å²) >= 11 is 1.43. The van der Waals surface area contributed by atoms with Crippen molar-refractivity contribution in [2.24, 2.45) is 0 Å². The van der Waals surface area contributed by atoms with Gasteiger partial charge in [-0.1, -0.05) is 13.8 Å². The van der Waals surface area contributed by atoms with Crippen molar-refractivity contribution >= 4 is 17.7 Å². The number of rotatable bonds is 7. The summed E-state index contributed by atoms with van der Waals surface area (Å²) in [5, 5.41) is 3.22. The van der Waals surface area contributed by atoms with Crippen LogP contribution < -0.4 is 5.32 Å². The van der Waals surface area contributed by atoms with Gasteiger partial charge in [0.15, 0.2) is 5.82 Å². The predicted molar refractivity (Wildman–Crippen MR) is 70.0 cm³/mol. The Morgan fingerprint density at radius 2 is 2.12 bits per heavy atom. The van der Waals surface area contributed by atoms with Gasteiger partial charge in [-0.25, -0.2) is 14.4 Å². The van der Waals surface area contributed by atoms with Crippen LogP contribution in [-0.2, 0) is 0 Å². The maximum absolute atomic E-state index is 13.4. The molecule has 0 amide bonds. The molecule has 0 aliphatic heterocycles. The molecule has 0 radical (unpaired) electrons. The Bertz CT molecular complexity index is 344. The molecule has 1 rings (SSSR count). The number of thioether (sulfide) groups is 1. The lowest BCUT2D eigenvalue weighted by Crippen LogP contribution is -2.25. The Labute approximate surface area is 106 Å². The summed E-state index contributed by atoms with van der Waals surface area (Å²) in [4.78, 5) is 10.2. The molecule has 1 N–H and O–H groups in total. The Balaban J connectivity index is 2.50. The number of hydrogen-bond donors (Lipinski definition) is 1. The molecule has 0 saturated carbocycles. The fraction of sp³-hybridized carbons (Fsp3) is 0.636. The molecule has 6 heteroatoms. The third kappa shape index (κ3) is 4.47. The number of nitrogens with one attached hydrogen (secondary N) is 1. The van der Waals surface area contributed by atoms with Crippen LogP contribution in [0.15, 0.2) is 11.2 Å². The average Bonchev–Trinajstić information content (AvgIpc) is 2.36. The monoisotopic (exact) mass is 258 g/mol. The van der Waals surface area contributed by atoms with Crippen molar-refractivity contribution in [2.45, 2.75) is 18.9 Å². The molecule has 1 heterocycles. The molecule has 0 saturated heterocycles. The van der Waals surface area contributed by atoms with Crippen molar-refractivity contribution in [3.63, 3.8) is 0 Å². The Morgan fingerprint density at radius 3 is 2.71 bits per heavy atom. The molecule has 0 fully saturated rings. The van der Waals surface area contributed by atoms with Crippen LogP contribution in [0.2, 0.25) is 0 Å². The van der Waals surface area contributed by atoms with E-state index in [1.807, 2.05) is 0 Å². The first kappa shape index (κ1) is 14.2. The van der Waals surface area contributed by atoms with Gasteiger partial charge >= 0.3 is 0 Å². The average molecular weight is 258 g/mol. The van der Waals surface area contributed by atoms with Crippen LogP contribution in [0.3, 0.4) is 0 Å². The predicted octanol–water partition coefficient (Wildman–Crippen LogP) is 2.09. The van der Waals surface area contributed by atoms with Crippen LogP contribution in [0.5, 0.6) is 0 Å². The van der Waals surface area contributed by atoms with Gasteiger partial charge in [-0.3, -0.25) is 0 Å². The van der Waals surface area contributed by atoms with E-state index in [9.17, 15) is 4.39 Å². The molecular weight excluding hydrogens is 239 g/mol. The van der Waals surface area contributed by atoms with E-state index in [4.69, 9.17) is 0 Å². The van der Waals surface area contributed by atoms with Crippen LogP contribution in [0.1, 0.15) is 13.8 Å². The first-order valence-electron chi connectivity index (χ1n) is 5.76. The summed E-state index contributed by atoms with van der Waals surface area (Å²) in [5.41, 5.74) is 0. The van der Waals surface area contributed by atoms with Gasteiger partial charge in [0.25, 0.3) is 0 Å². The van der Waals surface area contributed by atoms with E-state index in [-0.39, 0.29) is 5.82 Å². The van der Waals surface area contributed by atoms with Crippen LogP contribution in [-0.4, -0.2) is 47.3 Å². The highest BCUT2D eigenvalue weighted by atomic mass is 32.2. The van der Waals surface area contributed by atoms with Gasteiger partial charge in [-0.2, -0.15) is 0 Å². The number of aromatic nitrogens is 2. The molecule has 17 heavy (non-hydrogen) atoms. The molecule has 96 valence electrons. The summed E-state index contributed by atoms with van der Waals surface area (Å²) in [7, 11) is 1.72. The lowest BCUT2D eigenvalue weighted by molar-refractivity contribution is 0.324. The van der Waals surface area contributed by atoms with E-state index in [1.54, 1.807) is 7.05 Å². The Morgan fingerprint density at radius 1 is 1.41 bits per heavy atom. The second-order valence-corrected chi connectivity index (χ2v) is 4.56. The minimum atomic E-state index is -0.353. The first-order chi connectivity index (χ1) is 8.21. The van der Waals surface area contributed by atoms with E-state index < -0.39 is 0 Å². The van der Waals surface area contributed by atoms with Gasteiger partial charge in [0.2, 0.25) is 5.95 Å².